The Morgan fingerprint density at radius 2 is 1.97 bits per heavy atom. The van der Waals surface area contributed by atoms with Gasteiger partial charge in [-0.25, -0.2) is 14.4 Å². The second kappa shape index (κ2) is 7.97. The second-order valence-corrected chi connectivity index (χ2v) is 7.17. The van der Waals surface area contributed by atoms with Crippen molar-refractivity contribution in [3.05, 3.63) is 77.4 Å². The lowest BCUT2D eigenvalue weighted by molar-refractivity contribution is 0.0934. The highest BCUT2D eigenvalue weighted by atomic mass is 19.1. The van der Waals surface area contributed by atoms with E-state index in [1.165, 1.54) is 12.1 Å². The fraction of sp³-hybridized carbons (Fsp3) is 0.227. The second-order valence-electron chi connectivity index (χ2n) is 7.17. The Balaban J connectivity index is 1.57. The minimum absolute atomic E-state index is 0.0620. The minimum Gasteiger partial charge on any atom is -0.382 e. The van der Waals surface area contributed by atoms with Crippen molar-refractivity contribution < 1.29 is 9.18 Å². The van der Waals surface area contributed by atoms with Gasteiger partial charge in [-0.1, -0.05) is 36.4 Å². The third-order valence-corrected chi connectivity index (χ3v) is 5.05. The molecule has 1 heterocycles. The van der Waals surface area contributed by atoms with E-state index in [2.05, 4.69) is 15.3 Å². The number of carbonyl (C=O) groups excluding carboxylic acids is 1. The molecule has 1 saturated carbocycles. The number of nitrogen functional groups attached to an aromatic ring is 1. The molecule has 1 unspecified atom stereocenters. The van der Waals surface area contributed by atoms with Gasteiger partial charge in [-0.05, 0) is 30.5 Å². The van der Waals surface area contributed by atoms with Crippen LogP contribution in [0.3, 0.4) is 0 Å². The molecule has 0 radical (unpaired) electrons. The minimum atomic E-state index is -0.651. The molecule has 0 spiro atoms. The fourth-order valence-electron chi connectivity index (χ4n) is 3.25. The lowest BCUT2D eigenvalue weighted by Gasteiger charge is -2.17. The standard InChI is InChI=1S/C22H22FN5O/c23-17-10-15(20-21(25)26-12-19(27-20)14-6-7-14)8-9-16(17)22(29)28-18(11-24)13-4-2-1-3-5-13/h1-5,8-10,12,14,18H,6-7,11,24H2,(H2,25,26)(H,28,29). The summed E-state index contributed by atoms with van der Waals surface area (Å²) in [6.45, 7) is 0.204. The van der Waals surface area contributed by atoms with Gasteiger partial charge in [0.1, 0.15) is 17.3 Å². The van der Waals surface area contributed by atoms with Crippen molar-refractivity contribution in [2.45, 2.75) is 24.8 Å². The van der Waals surface area contributed by atoms with Gasteiger partial charge in [-0.2, -0.15) is 0 Å². The van der Waals surface area contributed by atoms with Crippen LogP contribution < -0.4 is 16.8 Å². The number of nitrogens with one attached hydrogen (secondary N) is 1. The first-order valence-electron chi connectivity index (χ1n) is 9.55. The maximum absolute atomic E-state index is 14.8. The smallest absolute Gasteiger partial charge is 0.254 e. The largest absolute Gasteiger partial charge is 0.382 e. The summed E-state index contributed by atoms with van der Waals surface area (Å²) in [5.74, 6) is -0.540. The third-order valence-electron chi connectivity index (χ3n) is 5.05. The molecule has 148 valence electrons. The molecule has 7 heteroatoms. The van der Waals surface area contributed by atoms with Crippen molar-refractivity contribution in [3.8, 4) is 11.3 Å². The van der Waals surface area contributed by atoms with E-state index in [0.29, 0.717) is 17.2 Å². The van der Waals surface area contributed by atoms with E-state index in [1.807, 2.05) is 30.3 Å². The number of benzene rings is 2. The van der Waals surface area contributed by atoms with Gasteiger partial charge >= 0.3 is 0 Å². The van der Waals surface area contributed by atoms with E-state index in [9.17, 15) is 9.18 Å². The SMILES string of the molecule is NCC(NC(=O)c1ccc(-c2nc(C3CC3)cnc2N)cc1F)c1ccccc1. The summed E-state index contributed by atoms with van der Waals surface area (Å²) < 4.78 is 14.8. The predicted octanol–water partition coefficient (Wildman–Crippen LogP) is 3.17. The molecule has 3 aromatic rings. The Morgan fingerprint density at radius 1 is 1.21 bits per heavy atom. The molecule has 1 aliphatic rings. The number of hydrogen-bond acceptors (Lipinski definition) is 5. The summed E-state index contributed by atoms with van der Waals surface area (Å²) in [6.07, 6.45) is 3.83. The fourth-order valence-corrected chi connectivity index (χ4v) is 3.25. The third kappa shape index (κ3) is 4.09. The molecule has 1 fully saturated rings. The molecule has 0 aliphatic heterocycles. The van der Waals surface area contributed by atoms with E-state index in [0.717, 1.165) is 24.1 Å². The highest BCUT2D eigenvalue weighted by molar-refractivity contribution is 5.95. The molecule has 6 nitrogen and oxygen atoms in total. The van der Waals surface area contributed by atoms with Gasteiger partial charge in [0.25, 0.3) is 5.91 Å². The summed E-state index contributed by atoms with van der Waals surface area (Å²) >= 11 is 0. The summed E-state index contributed by atoms with van der Waals surface area (Å²) in [5.41, 5.74) is 14.3. The van der Waals surface area contributed by atoms with E-state index < -0.39 is 17.8 Å². The Kier molecular flexibility index (Phi) is 5.22. The topological polar surface area (TPSA) is 107 Å². The highest BCUT2D eigenvalue weighted by Gasteiger charge is 2.26. The van der Waals surface area contributed by atoms with E-state index in [4.69, 9.17) is 11.5 Å². The van der Waals surface area contributed by atoms with Crippen LogP contribution in [-0.4, -0.2) is 22.4 Å². The zero-order chi connectivity index (χ0) is 20.4. The molecule has 1 aromatic heterocycles. The molecule has 29 heavy (non-hydrogen) atoms. The Bertz CT molecular complexity index is 1040. The Morgan fingerprint density at radius 3 is 2.62 bits per heavy atom. The van der Waals surface area contributed by atoms with Crippen LogP contribution in [0.25, 0.3) is 11.3 Å². The van der Waals surface area contributed by atoms with Crippen LogP contribution in [0.15, 0.2) is 54.7 Å². The number of nitrogens with zero attached hydrogens (tertiary/aromatic N) is 2. The van der Waals surface area contributed by atoms with Gasteiger partial charge in [-0.15, -0.1) is 0 Å². The summed E-state index contributed by atoms with van der Waals surface area (Å²) in [4.78, 5) is 21.4. The zero-order valence-corrected chi connectivity index (χ0v) is 15.8. The van der Waals surface area contributed by atoms with Crippen molar-refractivity contribution >= 4 is 11.7 Å². The van der Waals surface area contributed by atoms with Crippen molar-refractivity contribution in [1.29, 1.82) is 0 Å². The average Bonchev–Trinajstić information content (AvgIpc) is 3.58. The van der Waals surface area contributed by atoms with Crippen LogP contribution in [0, 0.1) is 5.82 Å². The zero-order valence-electron chi connectivity index (χ0n) is 15.8. The van der Waals surface area contributed by atoms with Gasteiger partial charge in [0.15, 0.2) is 0 Å². The number of hydrogen-bond donors (Lipinski definition) is 3. The van der Waals surface area contributed by atoms with Gasteiger partial charge < -0.3 is 16.8 Å². The average molecular weight is 391 g/mol. The molecule has 0 saturated heterocycles. The van der Waals surface area contributed by atoms with Crippen LogP contribution in [0.2, 0.25) is 0 Å². The van der Waals surface area contributed by atoms with Gasteiger partial charge in [0.2, 0.25) is 0 Å². The van der Waals surface area contributed by atoms with Crippen molar-refractivity contribution in [1.82, 2.24) is 15.3 Å². The summed E-state index contributed by atoms with van der Waals surface area (Å²) in [5, 5.41) is 2.79. The van der Waals surface area contributed by atoms with Crippen molar-refractivity contribution in [2.24, 2.45) is 5.73 Å². The maximum Gasteiger partial charge on any atom is 0.254 e. The Labute approximate surface area is 168 Å². The van der Waals surface area contributed by atoms with Gasteiger partial charge in [-0.3, -0.25) is 4.79 Å². The molecule has 4 rings (SSSR count). The number of aromatic nitrogens is 2. The van der Waals surface area contributed by atoms with E-state index >= 15 is 0 Å². The predicted molar refractivity (Wildman–Crippen MR) is 110 cm³/mol. The van der Waals surface area contributed by atoms with Crippen LogP contribution in [0.4, 0.5) is 10.2 Å². The van der Waals surface area contributed by atoms with Gasteiger partial charge in [0, 0.05) is 18.0 Å². The Hall–Kier alpha value is -3.32. The number of carbonyl (C=O) groups is 1. The van der Waals surface area contributed by atoms with Crippen LogP contribution >= 0.6 is 0 Å². The molecule has 1 aliphatic carbocycles. The monoisotopic (exact) mass is 391 g/mol. The normalized spacial score (nSPS) is 14.4. The lowest BCUT2D eigenvalue weighted by atomic mass is 10.0. The molecule has 1 atom stereocenters. The summed E-state index contributed by atoms with van der Waals surface area (Å²) in [7, 11) is 0. The number of amides is 1. The van der Waals surface area contributed by atoms with Crippen molar-refractivity contribution in [3.63, 3.8) is 0 Å². The number of rotatable bonds is 6. The van der Waals surface area contributed by atoms with Gasteiger partial charge in [0.05, 0.1) is 23.5 Å². The number of anilines is 1. The first-order valence-corrected chi connectivity index (χ1v) is 9.55. The molecular formula is C22H22FN5O. The quantitative estimate of drug-likeness (QED) is 0.598. The first-order chi connectivity index (χ1) is 14.1. The molecule has 2 aromatic carbocycles. The summed E-state index contributed by atoms with van der Waals surface area (Å²) in [6, 6.07) is 13.3. The molecule has 5 N–H and O–H groups in total. The van der Waals surface area contributed by atoms with E-state index in [1.54, 1.807) is 12.3 Å². The first kappa shape index (κ1) is 19.0. The maximum atomic E-state index is 14.8. The highest BCUT2D eigenvalue weighted by Crippen LogP contribution is 2.39. The molecular weight excluding hydrogens is 369 g/mol. The number of halogens is 1. The van der Waals surface area contributed by atoms with E-state index in [-0.39, 0.29) is 17.9 Å². The molecule has 0 bridgehead atoms. The number of nitrogens with two attached hydrogens (primary N) is 2. The van der Waals surface area contributed by atoms with Crippen LogP contribution in [0.1, 0.15) is 46.4 Å². The molecule has 1 amide bonds. The lowest BCUT2D eigenvalue weighted by Crippen LogP contribution is -2.33. The van der Waals surface area contributed by atoms with Crippen LogP contribution in [0.5, 0.6) is 0 Å². The van der Waals surface area contributed by atoms with Crippen molar-refractivity contribution in [2.75, 3.05) is 12.3 Å². The van der Waals surface area contributed by atoms with Crippen LogP contribution in [-0.2, 0) is 0 Å².